The maximum Gasteiger partial charge on any atom is 0.302 e. The molecule has 7 nitrogen and oxygen atoms in total. The number of hydrogen-bond acceptors (Lipinski definition) is 7. The topological polar surface area (TPSA) is 90.7 Å². The number of esters is 1. The lowest BCUT2D eigenvalue weighted by atomic mass is 9.84. The van der Waals surface area contributed by atoms with Gasteiger partial charge >= 0.3 is 5.97 Å². The predicted molar refractivity (Wildman–Crippen MR) is 105 cm³/mol. The van der Waals surface area contributed by atoms with Gasteiger partial charge in [-0.1, -0.05) is 23.7 Å². The second-order valence-electron chi connectivity index (χ2n) is 5.89. The maximum absolute atomic E-state index is 11.7. The van der Waals surface area contributed by atoms with Crippen molar-refractivity contribution >= 4 is 34.8 Å². The van der Waals surface area contributed by atoms with Gasteiger partial charge in [0.05, 0.1) is 10.6 Å². The Morgan fingerprint density at radius 2 is 1.81 bits per heavy atom. The first-order valence-corrected chi connectivity index (χ1v) is 8.90. The molecular weight excluding hydrogens is 392 g/mol. The zero-order valence-electron chi connectivity index (χ0n) is 15.1. The third-order valence-electron chi connectivity index (χ3n) is 3.97. The molecule has 0 spiro atoms. The molecule has 1 N–H and O–H groups in total. The number of rotatable bonds is 6. The van der Waals surface area contributed by atoms with Crippen LogP contribution in [0.2, 0.25) is 5.02 Å². The predicted octanol–water partition coefficient (Wildman–Crippen LogP) is 3.72. The molecule has 0 amide bonds. The average molecular weight is 411 g/mol. The number of benzene rings is 1. The average Bonchev–Trinajstić information content (AvgIpc) is 2.58. The number of halogens is 1. The highest BCUT2D eigenvalue weighted by molar-refractivity contribution is 7.80. The Morgan fingerprint density at radius 3 is 2.37 bits per heavy atom. The molecule has 1 aromatic rings. The molecule has 0 bridgehead atoms. The van der Waals surface area contributed by atoms with Gasteiger partial charge in [-0.3, -0.25) is 14.9 Å². The Labute approximate surface area is 167 Å². The maximum atomic E-state index is 11.7. The van der Waals surface area contributed by atoms with Gasteiger partial charge in [0.25, 0.3) is 5.70 Å². The molecule has 1 atom stereocenters. The van der Waals surface area contributed by atoms with Crippen molar-refractivity contribution < 1.29 is 19.2 Å². The first-order valence-electron chi connectivity index (χ1n) is 8.11. The van der Waals surface area contributed by atoms with Crippen LogP contribution < -0.4 is 5.32 Å². The lowest BCUT2D eigenvalue weighted by Crippen LogP contribution is -2.31. The summed E-state index contributed by atoms with van der Waals surface area (Å²) < 4.78 is 10.3. The number of ether oxygens (including phenoxy) is 2. The Morgan fingerprint density at radius 1 is 1.22 bits per heavy atom. The summed E-state index contributed by atoms with van der Waals surface area (Å²) in [6.07, 6.45) is 0. The Bertz CT molecular complexity index is 833. The van der Waals surface area contributed by atoms with Crippen LogP contribution in [0.5, 0.6) is 0 Å². The van der Waals surface area contributed by atoms with Gasteiger partial charge in [-0.15, -0.1) is 0 Å². The normalized spacial score (nSPS) is 16.7. The largest absolute Gasteiger partial charge is 0.479 e. The first kappa shape index (κ1) is 20.9. The molecule has 1 unspecified atom stereocenters. The summed E-state index contributed by atoms with van der Waals surface area (Å²) in [4.78, 5) is 22.2. The molecule has 9 heteroatoms. The van der Waals surface area contributed by atoms with Crippen LogP contribution in [-0.4, -0.2) is 29.2 Å². The molecule has 0 radical (unpaired) electrons. The van der Waals surface area contributed by atoms with E-state index in [1.165, 1.54) is 6.92 Å². The van der Waals surface area contributed by atoms with Crippen molar-refractivity contribution in [2.24, 2.45) is 0 Å². The van der Waals surface area contributed by atoms with Gasteiger partial charge in [0.15, 0.2) is 5.05 Å². The first-order chi connectivity index (χ1) is 12.7. The van der Waals surface area contributed by atoms with E-state index in [2.05, 4.69) is 5.32 Å². The van der Waals surface area contributed by atoms with Gasteiger partial charge < -0.3 is 14.8 Å². The van der Waals surface area contributed by atoms with E-state index in [1.807, 2.05) is 0 Å². The number of nitro groups is 1. The number of dihydropyridines is 1. The highest BCUT2D eigenvalue weighted by atomic mass is 35.5. The number of allylic oxidation sites excluding steroid dienone is 3. The smallest absolute Gasteiger partial charge is 0.302 e. The molecule has 0 saturated heterocycles. The molecule has 1 aliphatic rings. The van der Waals surface area contributed by atoms with E-state index in [4.69, 9.17) is 33.3 Å². The molecule has 2 rings (SSSR count). The zero-order chi connectivity index (χ0) is 20.1. The summed E-state index contributed by atoms with van der Waals surface area (Å²) in [6, 6.07) is 6.79. The summed E-state index contributed by atoms with van der Waals surface area (Å²) in [5, 5.41) is 15.4. The summed E-state index contributed by atoms with van der Waals surface area (Å²) in [6.45, 7) is 4.81. The van der Waals surface area contributed by atoms with E-state index in [-0.39, 0.29) is 24.0 Å². The second kappa shape index (κ2) is 8.96. The lowest BCUT2D eigenvalue weighted by Gasteiger charge is -2.28. The van der Waals surface area contributed by atoms with Gasteiger partial charge in [-0.25, -0.2) is 0 Å². The highest BCUT2D eigenvalue weighted by Crippen LogP contribution is 2.39. The number of carbonyl (C=O) groups is 1. The molecule has 0 saturated carbocycles. The lowest BCUT2D eigenvalue weighted by molar-refractivity contribution is -0.430. The minimum atomic E-state index is -0.709. The summed E-state index contributed by atoms with van der Waals surface area (Å²) >= 11 is 11.3. The van der Waals surface area contributed by atoms with E-state index in [1.54, 1.807) is 38.1 Å². The fourth-order valence-electron chi connectivity index (χ4n) is 2.87. The van der Waals surface area contributed by atoms with Gasteiger partial charge in [-0.05, 0) is 43.8 Å². The summed E-state index contributed by atoms with van der Waals surface area (Å²) in [5.74, 6) is -1.13. The van der Waals surface area contributed by atoms with Gasteiger partial charge in [0, 0.05) is 23.2 Å². The SMILES string of the molecule is CC(=O)OCCOC(=S)C1=C(C)NC(C)=C([N+](=O)[O-])C1c1ccc(Cl)cc1. The van der Waals surface area contributed by atoms with Crippen LogP contribution in [0.25, 0.3) is 0 Å². The second-order valence-corrected chi connectivity index (χ2v) is 6.70. The van der Waals surface area contributed by atoms with Gasteiger partial charge in [0.2, 0.25) is 0 Å². The summed E-state index contributed by atoms with van der Waals surface area (Å²) in [7, 11) is 0. The zero-order valence-corrected chi connectivity index (χ0v) is 16.6. The van der Waals surface area contributed by atoms with E-state index >= 15 is 0 Å². The minimum Gasteiger partial charge on any atom is -0.479 e. The van der Waals surface area contributed by atoms with Crippen LogP contribution in [0.4, 0.5) is 0 Å². The molecule has 1 aromatic carbocycles. The van der Waals surface area contributed by atoms with Crippen molar-refractivity contribution in [2.45, 2.75) is 26.7 Å². The Kier molecular flexibility index (Phi) is 6.92. The third-order valence-corrected chi connectivity index (χ3v) is 4.56. The molecule has 0 aliphatic carbocycles. The molecule has 1 heterocycles. The standard InChI is InChI=1S/C18H19ClN2O5S/c1-10-15(18(27)26-9-8-25-12(3)22)16(13-4-6-14(19)7-5-13)17(21(23)24)11(2)20-10/h4-7,16,20H,8-9H2,1-3H3. The monoisotopic (exact) mass is 410 g/mol. The van der Waals surface area contributed by atoms with Crippen LogP contribution in [0.3, 0.4) is 0 Å². The molecule has 1 aliphatic heterocycles. The third kappa shape index (κ3) is 5.05. The number of carbonyl (C=O) groups excluding carboxylic acids is 1. The molecular formula is C18H19ClN2O5S. The van der Waals surface area contributed by atoms with E-state index in [9.17, 15) is 14.9 Å². The summed E-state index contributed by atoms with van der Waals surface area (Å²) in [5.41, 5.74) is 2.25. The van der Waals surface area contributed by atoms with Crippen molar-refractivity contribution in [3.05, 3.63) is 67.6 Å². The van der Waals surface area contributed by atoms with Crippen LogP contribution in [0.15, 0.2) is 46.9 Å². The van der Waals surface area contributed by atoms with Crippen LogP contribution >= 0.6 is 23.8 Å². The van der Waals surface area contributed by atoms with Gasteiger partial charge in [-0.2, -0.15) is 0 Å². The fourth-order valence-corrected chi connectivity index (χ4v) is 3.35. The molecule has 144 valence electrons. The van der Waals surface area contributed by atoms with Crippen molar-refractivity contribution in [3.8, 4) is 0 Å². The van der Waals surface area contributed by atoms with Crippen LogP contribution in [0.1, 0.15) is 32.3 Å². The number of nitrogens with zero attached hydrogens (tertiary/aromatic N) is 1. The van der Waals surface area contributed by atoms with Crippen LogP contribution in [-0.2, 0) is 14.3 Å². The van der Waals surface area contributed by atoms with Crippen LogP contribution in [0, 0.1) is 10.1 Å². The Balaban J connectivity index is 2.38. The van der Waals surface area contributed by atoms with Crippen molar-refractivity contribution in [1.82, 2.24) is 5.32 Å². The molecule has 27 heavy (non-hydrogen) atoms. The van der Waals surface area contributed by atoms with Crippen molar-refractivity contribution in [2.75, 3.05) is 13.2 Å². The van der Waals surface area contributed by atoms with Crippen molar-refractivity contribution in [1.29, 1.82) is 0 Å². The quantitative estimate of drug-likeness (QED) is 0.251. The van der Waals surface area contributed by atoms with E-state index in [0.29, 0.717) is 27.6 Å². The molecule has 0 aromatic heterocycles. The fraction of sp³-hybridized carbons (Fsp3) is 0.333. The van der Waals surface area contributed by atoms with Crippen molar-refractivity contribution in [3.63, 3.8) is 0 Å². The minimum absolute atomic E-state index is 0.0103. The van der Waals surface area contributed by atoms with Gasteiger partial charge in [0.1, 0.15) is 19.1 Å². The van der Waals surface area contributed by atoms with E-state index < -0.39 is 16.8 Å². The molecule has 0 fully saturated rings. The van der Waals surface area contributed by atoms with E-state index in [0.717, 1.165) is 0 Å². The highest BCUT2D eigenvalue weighted by Gasteiger charge is 2.39. The number of thiocarbonyl (C=S) groups is 1. The number of nitrogens with one attached hydrogen (secondary N) is 1. The Hall–Kier alpha value is -2.45. The number of hydrogen-bond donors (Lipinski definition) is 1.